The molecule has 10 heteroatoms. The van der Waals surface area contributed by atoms with Crippen molar-refractivity contribution in [3.63, 3.8) is 0 Å². The monoisotopic (exact) mass is 393 g/mol. The van der Waals surface area contributed by atoms with Crippen LogP contribution in [-0.2, 0) is 9.59 Å². The number of urea groups is 1. The van der Waals surface area contributed by atoms with Crippen molar-refractivity contribution in [2.45, 2.75) is 63.6 Å². The smallest absolute Gasteiger partial charge is 0.406 e. The molecule has 2 fully saturated rings. The Morgan fingerprint density at radius 1 is 1.15 bits per heavy atom. The van der Waals surface area contributed by atoms with Crippen LogP contribution in [0.25, 0.3) is 0 Å². The first-order valence-corrected chi connectivity index (χ1v) is 9.28. The van der Waals surface area contributed by atoms with Gasteiger partial charge in [-0.05, 0) is 25.7 Å². The summed E-state index contributed by atoms with van der Waals surface area (Å²) < 4.78 is 39.4. The molecule has 1 saturated heterocycles. The lowest BCUT2D eigenvalue weighted by Gasteiger charge is -2.27. The second kappa shape index (κ2) is 8.79. The zero-order valence-electron chi connectivity index (χ0n) is 15.1. The molecule has 1 saturated carbocycles. The first kappa shape index (κ1) is 21.3. The molecule has 0 aromatic carbocycles. The molecule has 27 heavy (non-hydrogen) atoms. The van der Waals surface area contributed by atoms with Gasteiger partial charge in [0, 0.05) is 32.1 Å². The predicted molar refractivity (Wildman–Crippen MR) is 90.0 cm³/mol. The Hall–Kier alpha value is -2.00. The lowest BCUT2D eigenvalue weighted by Crippen LogP contribution is -2.47. The number of nitrogens with one attached hydrogen (secondary N) is 2. The van der Waals surface area contributed by atoms with Crippen molar-refractivity contribution in [3.05, 3.63) is 0 Å². The van der Waals surface area contributed by atoms with E-state index in [1.807, 2.05) is 0 Å². The van der Waals surface area contributed by atoms with E-state index in [0.717, 1.165) is 30.6 Å². The third-order valence-electron chi connectivity index (χ3n) is 5.37. The molecule has 1 heterocycles. The number of rotatable bonds is 6. The summed E-state index contributed by atoms with van der Waals surface area (Å²) >= 11 is 0. The van der Waals surface area contributed by atoms with Crippen molar-refractivity contribution in [3.8, 4) is 0 Å². The van der Waals surface area contributed by atoms with Crippen LogP contribution in [0.4, 0.5) is 18.0 Å². The Balaban J connectivity index is 1.70. The number of alkyl halides is 3. The molecular weight excluding hydrogens is 367 g/mol. The number of carboxylic acid groups (broad SMARTS) is 1. The van der Waals surface area contributed by atoms with E-state index in [9.17, 15) is 27.6 Å². The number of carboxylic acids is 1. The van der Waals surface area contributed by atoms with Crippen LogP contribution < -0.4 is 10.6 Å². The van der Waals surface area contributed by atoms with Gasteiger partial charge in [-0.3, -0.25) is 9.59 Å². The van der Waals surface area contributed by atoms with Crippen LogP contribution in [0.15, 0.2) is 0 Å². The minimum atomic E-state index is -4.91. The largest absolute Gasteiger partial charge is 0.481 e. The molecule has 1 unspecified atom stereocenters. The highest BCUT2D eigenvalue weighted by Crippen LogP contribution is 2.45. The maximum atomic E-state index is 13.1. The third-order valence-corrected chi connectivity index (χ3v) is 5.37. The number of aliphatic carboxylic acids is 1. The molecule has 3 amide bonds. The number of hydrogen-bond acceptors (Lipinski definition) is 3. The summed E-state index contributed by atoms with van der Waals surface area (Å²) in [6.07, 6.45) is -0.0637. The molecule has 1 aliphatic carbocycles. The summed E-state index contributed by atoms with van der Waals surface area (Å²) in [4.78, 5) is 35.9. The molecule has 1 aliphatic heterocycles. The summed E-state index contributed by atoms with van der Waals surface area (Å²) in [5, 5.41) is 14.5. The van der Waals surface area contributed by atoms with Crippen molar-refractivity contribution in [1.82, 2.24) is 15.5 Å². The minimum Gasteiger partial charge on any atom is -0.481 e. The normalized spacial score (nSPS) is 23.9. The van der Waals surface area contributed by atoms with Gasteiger partial charge in [0.25, 0.3) is 0 Å². The molecule has 0 bridgehead atoms. The van der Waals surface area contributed by atoms with Crippen molar-refractivity contribution >= 4 is 17.9 Å². The Morgan fingerprint density at radius 2 is 1.81 bits per heavy atom. The molecule has 0 radical (unpaired) electrons. The molecule has 0 aromatic heterocycles. The SMILES string of the molecule is O=C(NCCCC(=O)N1CCC(C(=O)O)(C(F)(F)F)C1)NC1CCCCC1. The van der Waals surface area contributed by atoms with Gasteiger partial charge in [0.2, 0.25) is 5.91 Å². The highest BCUT2D eigenvalue weighted by atomic mass is 19.4. The van der Waals surface area contributed by atoms with Gasteiger partial charge in [-0.1, -0.05) is 19.3 Å². The number of carbonyl (C=O) groups is 3. The van der Waals surface area contributed by atoms with Crippen molar-refractivity contribution in [2.24, 2.45) is 5.41 Å². The van der Waals surface area contributed by atoms with E-state index in [1.54, 1.807) is 0 Å². The van der Waals surface area contributed by atoms with Crippen LogP contribution >= 0.6 is 0 Å². The van der Waals surface area contributed by atoms with Crippen molar-refractivity contribution in [1.29, 1.82) is 0 Å². The fourth-order valence-corrected chi connectivity index (χ4v) is 3.63. The van der Waals surface area contributed by atoms with Gasteiger partial charge >= 0.3 is 18.2 Å². The molecule has 2 rings (SSSR count). The number of amides is 3. The number of carbonyl (C=O) groups excluding carboxylic acids is 2. The molecule has 0 spiro atoms. The summed E-state index contributed by atoms with van der Waals surface area (Å²) in [5.41, 5.74) is -2.89. The Bertz CT molecular complexity index is 564. The van der Waals surface area contributed by atoms with Crippen LogP contribution in [0.3, 0.4) is 0 Å². The van der Waals surface area contributed by atoms with Crippen LogP contribution in [0.1, 0.15) is 51.4 Å². The van der Waals surface area contributed by atoms with Crippen molar-refractivity contribution in [2.75, 3.05) is 19.6 Å². The van der Waals surface area contributed by atoms with Crippen LogP contribution in [0.5, 0.6) is 0 Å². The molecule has 7 nitrogen and oxygen atoms in total. The summed E-state index contributed by atoms with van der Waals surface area (Å²) in [7, 11) is 0. The predicted octanol–water partition coefficient (Wildman–Crippen LogP) is 2.26. The lowest BCUT2D eigenvalue weighted by atomic mass is 9.86. The van der Waals surface area contributed by atoms with Gasteiger partial charge < -0.3 is 20.6 Å². The topological polar surface area (TPSA) is 98.7 Å². The van der Waals surface area contributed by atoms with Gasteiger partial charge in [-0.2, -0.15) is 13.2 Å². The highest BCUT2D eigenvalue weighted by molar-refractivity contribution is 5.81. The molecular formula is C17H26F3N3O4. The fourth-order valence-electron chi connectivity index (χ4n) is 3.63. The Kier molecular flexibility index (Phi) is 6.94. The summed E-state index contributed by atoms with van der Waals surface area (Å²) in [6, 6.07) is -0.144. The maximum Gasteiger partial charge on any atom is 0.406 e. The number of halogens is 3. The second-order valence-corrected chi connectivity index (χ2v) is 7.29. The Labute approximate surface area is 155 Å². The first-order valence-electron chi connectivity index (χ1n) is 9.28. The second-order valence-electron chi connectivity index (χ2n) is 7.29. The van der Waals surface area contributed by atoms with E-state index in [1.165, 1.54) is 6.42 Å². The average Bonchev–Trinajstić information content (AvgIpc) is 3.06. The lowest BCUT2D eigenvalue weighted by molar-refractivity contribution is -0.227. The molecule has 154 valence electrons. The zero-order chi connectivity index (χ0) is 20.1. The van der Waals surface area contributed by atoms with E-state index >= 15 is 0 Å². The highest BCUT2D eigenvalue weighted by Gasteiger charge is 2.64. The van der Waals surface area contributed by atoms with Crippen LogP contribution in [-0.4, -0.2) is 59.8 Å². The average molecular weight is 393 g/mol. The van der Waals surface area contributed by atoms with Gasteiger partial charge in [0.05, 0.1) is 0 Å². The van der Waals surface area contributed by atoms with Crippen molar-refractivity contribution < 1.29 is 32.7 Å². The number of nitrogens with zero attached hydrogens (tertiary/aromatic N) is 1. The zero-order valence-corrected chi connectivity index (χ0v) is 15.1. The van der Waals surface area contributed by atoms with E-state index in [0.29, 0.717) is 0 Å². The molecule has 0 aromatic rings. The first-order chi connectivity index (χ1) is 12.7. The van der Waals surface area contributed by atoms with Gasteiger partial charge in [0.1, 0.15) is 0 Å². The summed E-state index contributed by atoms with van der Waals surface area (Å²) in [6.45, 7) is -0.873. The molecule has 2 aliphatic rings. The van der Waals surface area contributed by atoms with Gasteiger partial charge in [-0.25, -0.2) is 4.79 Å². The van der Waals surface area contributed by atoms with Gasteiger partial charge in [0.15, 0.2) is 5.41 Å². The van der Waals surface area contributed by atoms with E-state index in [4.69, 9.17) is 5.11 Å². The number of hydrogen-bond donors (Lipinski definition) is 3. The van der Waals surface area contributed by atoms with E-state index in [-0.39, 0.29) is 38.0 Å². The van der Waals surface area contributed by atoms with E-state index in [2.05, 4.69) is 10.6 Å². The third kappa shape index (κ3) is 5.26. The van der Waals surface area contributed by atoms with Crippen LogP contribution in [0.2, 0.25) is 0 Å². The minimum absolute atomic E-state index is 0.0444. The van der Waals surface area contributed by atoms with Crippen LogP contribution in [0, 0.1) is 5.41 Å². The Morgan fingerprint density at radius 3 is 2.37 bits per heavy atom. The standard InChI is InChI=1S/C17H26F3N3O4/c18-17(19,20)16(14(25)26)8-10-23(11-16)13(24)7-4-9-21-15(27)22-12-5-2-1-3-6-12/h12H,1-11H2,(H,25,26)(H2,21,22,27). The maximum absolute atomic E-state index is 13.1. The van der Waals surface area contributed by atoms with Gasteiger partial charge in [-0.15, -0.1) is 0 Å². The fraction of sp³-hybridized carbons (Fsp3) is 0.824. The van der Waals surface area contributed by atoms with E-state index < -0.39 is 36.4 Å². The molecule has 3 N–H and O–H groups in total. The quantitative estimate of drug-likeness (QED) is 0.603. The molecule has 1 atom stereocenters. The summed E-state index contributed by atoms with van der Waals surface area (Å²) in [5.74, 6) is -2.48. The number of likely N-dealkylation sites (tertiary alicyclic amines) is 1.